The van der Waals surface area contributed by atoms with Crippen LogP contribution in [0.25, 0.3) is 0 Å². The summed E-state index contributed by atoms with van der Waals surface area (Å²) in [6.07, 6.45) is 1.41. The number of aliphatic hydroxyl groups excluding tert-OH is 1. The summed E-state index contributed by atoms with van der Waals surface area (Å²) in [7, 11) is 0. The fraction of sp³-hybridized carbons (Fsp3) is 0.556. The number of carbonyl (C=O) groups excluding carboxylic acids is 2. The molecule has 1 amide bonds. The zero-order chi connectivity index (χ0) is 11.2. The number of ether oxygens (including phenoxy) is 1. The third-order valence-electron chi connectivity index (χ3n) is 1.55. The number of rotatable bonds is 5. The van der Waals surface area contributed by atoms with E-state index in [1.54, 1.807) is 0 Å². The molecule has 0 rings (SSSR count). The topological polar surface area (TPSA) is 75.6 Å². The van der Waals surface area contributed by atoms with Crippen molar-refractivity contribution in [2.24, 2.45) is 0 Å². The van der Waals surface area contributed by atoms with Gasteiger partial charge >= 0.3 is 5.97 Å². The lowest BCUT2D eigenvalue weighted by Gasteiger charge is -2.25. The standard InChI is InChI=1S/C9H15NO4/c1-4-5-14-8(13)9(3,6-11)10-7(2)12/h4,11H,1,5-6H2,2-3H3,(H,10,12)/t9-/m0/s1. The number of aliphatic hydroxyl groups is 1. The maximum absolute atomic E-state index is 11.3. The van der Waals surface area contributed by atoms with Crippen LogP contribution < -0.4 is 5.32 Å². The van der Waals surface area contributed by atoms with Crippen molar-refractivity contribution in [3.63, 3.8) is 0 Å². The molecular formula is C9H15NO4. The van der Waals surface area contributed by atoms with Gasteiger partial charge in [-0.15, -0.1) is 0 Å². The summed E-state index contributed by atoms with van der Waals surface area (Å²) in [5, 5.41) is 11.3. The predicted molar refractivity (Wildman–Crippen MR) is 50.5 cm³/mol. The predicted octanol–water partition coefficient (Wildman–Crippen LogP) is -0.397. The van der Waals surface area contributed by atoms with E-state index in [0.717, 1.165) is 0 Å². The van der Waals surface area contributed by atoms with Crippen LogP contribution in [0.4, 0.5) is 0 Å². The summed E-state index contributed by atoms with van der Waals surface area (Å²) in [6, 6.07) is 0. The van der Waals surface area contributed by atoms with Gasteiger partial charge in [-0.3, -0.25) is 4.79 Å². The van der Waals surface area contributed by atoms with Gasteiger partial charge in [-0.1, -0.05) is 12.7 Å². The normalized spacial score (nSPS) is 13.9. The molecule has 0 aliphatic carbocycles. The summed E-state index contributed by atoms with van der Waals surface area (Å²) in [6.45, 7) is 5.56. The molecule has 0 saturated heterocycles. The number of amides is 1. The van der Waals surface area contributed by atoms with Crippen molar-refractivity contribution in [2.75, 3.05) is 13.2 Å². The van der Waals surface area contributed by atoms with E-state index in [9.17, 15) is 9.59 Å². The molecule has 5 nitrogen and oxygen atoms in total. The van der Waals surface area contributed by atoms with Gasteiger partial charge in [0, 0.05) is 6.92 Å². The van der Waals surface area contributed by atoms with Crippen LogP contribution in [-0.2, 0) is 14.3 Å². The van der Waals surface area contributed by atoms with Gasteiger partial charge < -0.3 is 15.2 Å². The molecule has 0 aliphatic rings. The van der Waals surface area contributed by atoms with Crippen LogP contribution in [-0.4, -0.2) is 35.7 Å². The van der Waals surface area contributed by atoms with Crippen LogP contribution in [0, 0.1) is 0 Å². The Balaban J connectivity index is 4.41. The second kappa shape index (κ2) is 5.39. The van der Waals surface area contributed by atoms with Gasteiger partial charge in [0.2, 0.25) is 5.91 Å². The fourth-order valence-corrected chi connectivity index (χ4v) is 0.838. The monoisotopic (exact) mass is 201 g/mol. The Morgan fingerprint density at radius 1 is 1.64 bits per heavy atom. The molecule has 0 aliphatic heterocycles. The van der Waals surface area contributed by atoms with E-state index in [2.05, 4.69) is 11.9 Å². The Bertz CT molecular complexity index is 239. The second-order valence-corrected chi connectivity index (χ2v) is 3.06. The molecule has 0 spiro atoms. The van der Waals surface area contributed by atoms with Crippen LogP contribution in [0.15, 0.2) is 12.7 Å². The number of carbonyl (C=O) groups is 2. The van der Waals surface area contributed by atoms with E-state index in [0.29, 0.717) is 0 Å². The van der Waals surface area contributed by atoms with Crippen molar-refractivity contribution in [3.05, 3.63) is 12.7 Å². The van der Waals surface area contributed by atoms with Gasteiger partial charge in [0.1, 0.15) is 6.61 Å². The zero-order valence-corrected chi connectivity index (χ0v) is 8.37. The van der Waals surface area contributed by atoms with Crippen molar-refractivity contribution >= 4 is 11.9 Å². The Morgan fingerprint density at radius 2 is 2.21 bits per heavy atom. The Morgan fingerprint density at radius 3 is 2.57 bits per heavy atom. The molecule has 2 N–H and O–H groups in total. The molecule has 0 heterocycles. The van der Waals surface area contributed by atoms with Crippen LogP contribution in [0.1, 0.15) is 13.8 Å². The highest BCUT2D eigenvalue weighted by Gasteiger charge is 2.34. The first kappa shape index (κ1) is 12.6. The number of esters is 1. The Hall–Kier alpha value is -1.36. The highest BCUT2D eigenvalue weighted by Crippen LogP contribution is 2.05. The molecular weight excluding hydrogens is 186 g/mol. The van der Waals surface area contributed by atoms with Crippen LogP contribution in [0.5, 0.6) is 0 Å². The van der Waals surface area contributed by atoms with Crippen molar-refractivity contribution in [1.29, 1.82) is 0 Å². The molecule has 14 heavy (non-hydrogen) atoms. The highest BCUT2D eigenvalue weighted by atomic mass is 16.5. The van der Waals surface area contributed by atoms with Crippen molar-refractivity contribution in [1.82, 2.24) is 5.32 Å². The lowest BCUT2D eigenvalue weighted by Crippen LogP contribution is -2.55. The molecule has 5 heteroatoms. The van der Waals surface area contributed by atoms with Crippen molar-refractivity contribution in [2.45, 2.75) is 19.4 Å². The summed E-state index contributed by atoms with van der Waals surface area (Å²) in [5.41, 5.74) is -1.38. The van der Waals surface area contributed by atoms with Gasteiger partial charge in [-0.2, -0.15) is 0 Å². The maximum atomic E-state index is 11.3. The molecule has 0 radical (unpaired) electrons. The lowest BCUT2D eigenvalue weighted by molar-refractivity contribution is -0.153. The third kappa shape index (κ3) is 3.57. The Kier molecular flexibility index (Phi) is 4.86. The highest BCUT2D eigenvalue weighted by molar-refractivity contribution is 5.86. The molecule has 80 valence electrons. The minimum Gasteiger partial charge on any atom is -0.460 e. The van der Waals surface area contributed by atoms with E-state index in [1.807, 2.05) is 0 Å². The smallest absolute Gasteiger partial charge is 0.334 e. The average molecular weight is 201 g/mol. The Labute approximate surface area is 82.7 Å². The minimum absolute atomic E-state index is 0.0496. The average Bonchev–Trinajstić information content (AvgIpc) is 2.12. The number of hydrogen-bond acceptors (Lipinski definition) is 4. The maximum Gasteiger partial charge on any atom is 0.334 e. The van der Waals surface area contributed by atoms with E-state index < -0.39 is 24.0 Å². The summed E-state index contributed by atoms with van der Waals surface area (Å²) >= 11 is 0. The molecule has 0 aromatic carbocycles. The largest absolute Gasteiger partial charge is 0.460 e. The summed E-state index contributed by atoms with van der Waals surface area (Å²) < 4.78 is 4.72. The molecule has 0 unspecified atom stereocenters. The third-order valence-corrected chi connectivity index (χ3v) is 1.55. The first-order chi connectivity index (χ1) is 6.46. The van der Waals surface area contributed by atoms with E-state index >= 15 is 0 Å². The SMILES string of the molecule is C=CCOC(=O)[C@](C)(CO)NC(C)=O. The van der Waals surface area contributed by atoms with Crippen LogP contribution >= 0.6 is 0 Å². The second-order valence-electron chi connectivity index (χ2n) is 3.06. The van der Waals surface area contributed by atoms with E-state index in [1.165, 1.54) is 19.9 Å². The zero-order valence-electron chi connectivity index (χ0n) is 8.37. The van der Waals surface area contributed by atoms with Crippen LogP contribution in [0.2, 0.25) is 0 Å². The molecule has 0 bridgehead atoms. The first-order valence-corrected chi connectivity index (χ1v) is 4.14. The quantitative estimate of drug-likeness (QED) is 0.469. The van der Waals surface area contributed by atoms with Gasteiger partial charge in [-0.05, 0) is 6.92 Å². The fourth-order valence-electron chi connectivity index (χ4n) is 0.838. The van der Waals surface area contributed by atoms with Crippen molar-refractivity contribution < 1.29 is 19.4 Å². The van der Waals surface area contributed by atoms with Gasteiger partial charge in [0.15, 0.2) is 5.54 Å². The van der Waals surface area contributed by atoms with Crippen molar-refractivity contribution in [3.8, 4) is 0 Å². The van der Waals surface area contributed by atoms with Gasteiger partial charge in [0.25, 0.3) is 0 Å². The van der Waals surface area contributed by atoms with Gasteiger partial charge in [0.05, 0.1) is 6.61 Å². The lowest BCUT2D eigenvalue weighted by atomic mass is 10.0. The minimum atomic E-state index is -1.38. The summed E-state index contributed by atoms with van der Waals surface area (Å²) in [5.74, 6) is -1.09. The number of nitrogens with one attached hydrogen (secondary N) is 1. The van der Waals surface area contributed by atoms with Gasteiger partial charge in [-0.25, -0.2) is 4.79 Å². The summed E-state index contributed by atoms with van der Waals surface area (Å²) in [4.78, 5) is 22.1. The first-order valence-electron chi connectivity index (χ1n) is 4.14. The van der Waals surface area contributed by atoms with E-state index in [4.69, 9.17) is 9.84 Å². The molecule has 0 aromatic heterocycles. The molecule has 1 atom stereocenters. The van der Waals surface area contributed by atoms with E-state index in [-0.39, 0.29) is 6.61 Å². The number of hydrogen-bond donors (Lipinski definition) is 2. The molecule has 0 fully saturated rings. The molecule has 0 aromatic rings. The molecule has 0 saturated carbocycles. The van der Waals surface area contributed by atoms with Crippen LogP contribution in [0.3, 0.4) is 0 Å².